The average molecular weight is 624 g/mol. The van der Waals surface area contributed by atoms with Crippen LogP contribution in [0.4, 0.5) is 74.6 Å². The van der Waals surface area contributed by atoms with E-state index in [-0.39, 0.29) is 12.7 Å². The van der Waals surface area contributed by atoms with Crippen LogP contribution in [0, 0.1) is 0 Å². The van der Waals surface area contributed by atoms with Gasteiger partial charge in [-0.2, -0.15) is 0 Å². The van der Waals surface area contributed by atoms with Gasteiger partial charge in [0.2, 0.25) is 0 Å². The number of hydrogen-bond donors (Lipinski definition) is 0. The zero-order chi connectivity index (χ0) is 32.4. The van der Waals surface area contributed by atoms with Crippen molar-refractivity contribution in [3.8, 4) is 0 Å². The minimum atomic E-state index is -5.50. The first kappa shape index (κ1) is 56.2. The van der Waals surface area contributed by atoms with E-state index < -0.39 is 34.8 Å². The third kappa shape index (κ3) is 170. The van der Waals surface area contributed by atoms with Gasteiger partial charge in [0.1, 0.15) is 0 Å². The second-order valence-electron chi connectivity index (χ2n) is 3.97. The molecule has 0 aliphatic heterocycles. The quantitative estimate of drug-likeness (QED) is 0.199. The standard InChI is InChI=1S/C8H19FO3Si.C2H5F.3CF4.3CH3F/c1-4-10-13(8-7-9,11-5-2)12-6-3;1-2-3;3*2-1(3,4)5;3*1-2/h4-8H2,1-3H3;2H2,1H3;;;;3*1H3. The third-order valence-corrected chi connectivity index (χ3v) is 4.48. The van der Waals surface area contributed by atoms with Crippen LogP contribution < -0.4 is 0 Å². The molecule has 0 fully saturated rings. The Bertz CT molecular complexity index is 281. The Morgan fingerprint density at radius 1 is 0.459 bits per heavy atom. The highest BCUT2D eigenvalue weighted by Gasteiger charge is 2.39. The van der Waals surface area contributed by atoms with Crippen LogP contribution in [0.5, 0.6) is 0 Å². The molecule has 0 bridgehead atoms. The summed E-state index contributed by atoms with van der Waals surface area (Å²) in [5.74, 6) is 0. The first-order chi connectivity index (χ1) is 16.7. The van der Waals surface area contributed by atoms with E-state index in [1.54, 1.807) is 0 Å². The molecule has 0 unspecified atom stereocenters. The molecule has 0 N–H and O–H groups in total. The molecule has 238 valence electrons. The van der Waals surface area contributed by atoms with Crippen molar-refractivity contribution < 1.29 is 87.9 Å². The summed E-state index contributed by atoms with van der Waals surface area (Å²) in [6, 6.07) is 0.252. The minimum absolute atomic E-state index is 0.250. The van der Waals surface area contributed by atoms with E-state index in [0.29, 0.717) is 41.4 Å². The van der Waals surface area contributed by atoms with Gasteiger partial charge in [0.25, 0.3) is 0 Å². The van der Waals surface area contributed by atoms with E-state index in [9.17, 15) is 74.6 Å². The molecule has 0 saturated carbocycles. The second kappa shape index (κ2) is 39.4. The Hall–Kier alpha value is -1.09. The van der Waals surface area contributed by atoms with Crippen LogP contribution in [0.3, 0.4) is 0 Å². The van der Waals surface area contributed by atoms with Gasteiger partial charge in [0, 0.05) is 25.9 Å². The zero-order valence-electron chi connectivity index (χ0n) is 20.9. The fourth-order valence-corrected chi connectivity index (χ4v) is 3.35. The van der Waals surface area contributed by atoms with E-state index in [0.717, 1.165) is 0 Å². The zero-order valence-corrected chi connectivity index (χ0v) is 21.9. The predicted octanol–water partition coefficient (Wildman–Crippen LogP) is 9.16. The highest BCUT2D eigenvalue weighted by molar-refractivity contribution is 6.60. The van der Waals surface area contributed by atoms with Crippen molar-refractivity contribution in [2.24, 2.45) is 0 Å². The molecule has 0 saturated heterocycles. The highest BCUT2D eigenvalue weighted by atomic mass is 28.4. The summed E-state index contributed by atoms with van der Waals surface area (Å²) < 4.78 is 184. The molecule has 0 aromatic carbocycles. The molecule has 3 nitrogen and oxygen atoms in total. The molecule has 0 aromatic rings. The minimum Gasteiger partial charge on any atom is -0.374 e. The molecule has 0 radical (unpaired) electrons. The van der Waals surface area contributed by atoms with Crippen molar-refractivity contribution in [2.45, 2.75) is 53.0 Å². The van der Waals surface area contributed by atoms with E-state index in [4.69, 9.17) is 13.3 Å². The predicted molar refractivity (Wildman–Crippen MR) is 106 cm³/mol. The Balaban J connectivity index is -0.0000000493. The molecule has 0 aromatic heterocycles. The monoisotopic (exact) mass is 624 g/mol. The molecule has 0 aliphatic rings. The van der Waals surface area contributed by atoms with Gasteiger partial charge >= 0.3 is 28.1 Å². The summed E-state index contributed by atoms with van der Waals surface area (Å²) in [6.07, 6.45) is -16.5. The molecule has 0 atom stereocenters. The van der Waals surface area contributed by atoms with Gasteiger partial charge in [0.05, 0.1) is 34.9 Å². The Morgan fingerprint density at radius 3 is 0.676 bits per heavy atom. The fraction of sp³-hybridized carbons (Fsp3) is 1.00. The number of rotatable bonds is 8. The van der Waals surface area contributed by atoms with Crippen LogP contribution in [0.25, 0.3) is 0 Å². The summed E-state index contributed by atoms with van der Waals surface area (Å²) in [5.41, 5.74) is 0. The van der Waals surface area contributed by atoms with Gasteiger partial charge in [0.15, 0.2) is 0 Å². The molecule has 0 rings (SSSR count). The van der Waals surface area contributed by atoms with Gasteiger partial charge in [-0.05, 0) is 27.7 Å². The van der Waals surface area contributed by atoms with Crippen LogP contribution in [0.2, 0.25) is 6.04 Å². The first-order valence-corrected chi connectivity index (χ1v) is 11.0. The Labute approximate surface area is 205 Å². The highest BCUT2D eigenvalue weighted by Crippen LogP contribution is 2.16. The summed E-state index contributed by atoms with van der Waals surface area (Å²) >= 11 is 0. The van der Waals surface area contributed by atoms with Crippen molar-refractivity contribution >= 4 is 8.80 Å². The van der Waals surface area contributed by atoms with Crippen molar-refractivity contribution in [3.63, 3.8) is 0 Å². The smallest absolute Gasteiger partial charge is 0.374 e. The summed E-state index contributed by atoms with van der Waals surface area (Å²) in [7, 11) is -1.17. The van der Waals surface area contributed by atoms with Gasteiger partial charge in [-0.25, -0.2) is 0 Å². The van der Waals surface area contributed by atoms with E-state index in [1.165, 1.54) is 6.92 Å². The normalized spacial score (nSPS) is 10.1. The third-order valence-electron chi connectivity index (χ3n) is 1.49. The van der Waals surface area contributed by atoms with Gasteiger partial charge in [-0.15, -0.1) is 52.7 Å². The molecule has 21 heteroatoms. The molecule has 0 spiro atoms. The topological polar surface area (TPSA) is 27.7 Å². The first-order valence-electron chi connectivity index (χ1n) is 9.10. The molecular weight excluding hydrogens is 591 g/mol. The molecule has 0 aliphatic carbocycles. The Morgan fingerprint density at radius 2 is 0.595 bits per heavy atom. The Kier molecular flexibility index (Phi) is 59.9. The van der Waals surface area contributed by atoms with Gasteiger partial charge in [-0.1, -0.05) is 0 Å². The number of hydrogen-bond acceptors (Lipinski definition) is 3. The largest absolute Gasteiger partial charge is 0.559 e. The maximum atomic E-state index is 12.3. The average Bonchev–Trinajstić information content (AvgIpc) is 2.70. The van der Waals surface area contributed by atoms with E-state index in [2.05, 4.69) is 0 Å². The number of halogens is 17. The summed E-state index contributed by atoms with van der Waals surface area (Å²) in [6.45, 7) is 7.85. The lowest BCUT2D eigenvalue weighted by Crippen LogP contribution is -2.46. The SMILES string of the molecule is CCF.CCO[Si](CCF)(OCC)OCC.CF.CF.CF.FC(F)(F)F.FC(F)(F)F.FC(F)(F)F. The van der Waals surface area contributed by atoms with E-state index in [1.807, 2.05) is 20.8 Å². The van der Waals surface area contributed by atoms with E-state index >= 15 is 0 Å². The maximum Gasteiger partial charge on any atom is 0.559 e. The summed E-state index contributed by atoms with van der Waals surface area (Å²) in [4.78, 5) is 0. The molecule has 0 amide bonds. The molecule has 37 heavy (non-hydrogen) atoms. The van der Waals surface area contributed by atoms with Crippen LogP contribution in [-0.4, -0.2) is 82.8 Å². The number of alkyl halides is 17. The van der Waals surface area contributed by atoms with Crippen molar-refractivity contribution in [2.75, 3.05) is 54.7 Å². The van der Waals surface area contributed by atoms with Gasteiger partial charge < -0.3 is 13.3 Å². The van der Waals surface area contributed by atoms with Gasteiger partial charge in [-0.3, -0.25) is 22.0 Å². The molecule has 0 heterocycles. The van der Waals surface area contributed by atoms with Crippen molar-refractivity contribution in [1.82, 2.24) is 0 Å². The van der Waals surface area contributed by atoms with Crippen molar-refractivity contribution in [3.05, 3.63) is 0 Å². The molecular formula is C16H33F17O3Si. The fourth-order valence-electron chi connectivity index (χ4n) is 1.12. The lowest BCUT2D eigenvalue weighted by molar-refractivity contribution is -0.238. The van der Waals surface area contributed by atoms with Crippen molar-refractivity contribution in [1.29, 1.82) is 0 Å². The van der Waals surface area contributed by atoms with Crippen LogP contribution in [0.1, 0.15) is 27.7 Å². The van der Waals surface area contributed by atoms with Crippen LogP contribution in [-0.2, 0) is 13.3 Å². The lowest BCUT2D eigenvalue weighted by Gasteiger charge is -2.27. The second-order valence-corrected chi connectivity index (χ2v) is 6.71. The lowest BCUT2D eigenvalue weighted by atomic mass is 10.9. The van der Waals surface area contributed by atoms with Crippen LogP contribution >= 0.6 is 0 Å². The maximum absolute atomic E-state index is 12.3. The summed E-state index contributed by atoms with van der Waals surface area (Å²) in [5, 5.41) is 0. The van der Waals surface area contributed by atoms with Crippen LogP contribution in [0.15, 0.2) is 0 Å².